The van der Waals surface area contributed by atoms with Gasteiger partial charge in [-0.05, 0) is 43.5 Å². The molecule has 2 atom stereocenters. The highest BCUT2D eigenvalue weighted by Gasteiger charge is 2.30. The van der Waals surface area contributed by atoms with Gasteiger partial charge in [0.1, 0.15) is 0 Å². The molecule has 6 nitrogen and oxygen atoms in total. The zero-order valence-electron chi connectivity index (χ0n) is 14.9. The maximum Gasteiger partial charge on any atom is 0.416 e. The minimum absolute atomic E-state index is 0.108. The van der Waals surface area contributed by atoms with Gasteiger partial charge in [0.2, 0.25) is 0 Å². The first kappa shape index (κ1) is 20.2. The zero-order valence-corrected chi connectivity index (χ0v) is 14.9. The number of aliphatic imine (C=N–C) groups is 1. The standard InChI is InChI=1S/C17H24F3N5O/c1-10(2)9-21-16(22-14-8-11(3)24-25-14)23-15(26)12-4-6-13(7-5-12)17(18,19)20/h4-7,10-11,14,24-25H,8-9H2,1-3H3,(H2,21,22,23,26). The molecule has 1 fully saturated rings. The molecule has 2 unspecified atom stereocenters. The minimum Gasteiger partial charge on any atom is -0.339 e. The van der Waals surface area contributed by atoms with Gasteiger partial charge in [-0.15, -0.1) is 0 Å². The monoisotopic (exact) mass is 371 g/mol. The number of halogens is 3. The van der Waals surface area contributed by atoms with Crippen molar-refractivity contribution in [3.63, 3.8) is 0 Å². The number of hydrogen-bond acceptors (Lipinski definition) is 4. The van der Waals surface area contributed by atoms with Crippen LogP contribution in [-0.4, -0.2) is 30.6 Å². The molecular formula is C17H24F3N5O. The largest absolute Gasteiger partial charge is 0.416 e. The lowest BCUT2D eigenvalue weighted by atomic mass is 10.1. The van der Waals surface area contributed by atoms with Crippen LogP contribution in [-0.2, 0) is 6.18 Å². The van der Waals surface area contributed by atoms with Gasteiger partial charge in [0.15, 0.2) is 5.96 Å². The summed E-state index contributed by atoms with van der Waals surface area (Å²) in [6, 6.07) is 4.34. The van der Waals surface area contributed by atoms with Crippen LogP contribution in [0, 0.1) is 5.92 Å². The molecule has 0 radical (unpaired) electrons. The molecule has 0 saturated carbocycles. The van der Waals surface area contributed by atoms with E-state index in [4.69, 9.17) is 0 Å². The average molecular weight is 371 g/mol. The Hall–Kier alpha value is -2.13. The van der Waals surface area contributed by atoms with E-state index in [-0.39, 0.29) is 23.7 Å². The number of carbonyl (C=O) groups excluding carboxylic acids is 1. The zero-order chi connectivity index (χ0) is 19.3. The maximum atomic E-state index is 12.6. The van der Waals surface area contributed by atoms with E-state index >= 15 is 0 Å². The predicted molar refractivity (Wildman–Crippen MR) is 93.3 cm³/mol. The van der Waals surface area contributed by atoms with Crippen LogP contribution in [0.5, 0.6) is 0 Å². The molecule has 4 N–H and O–H groups in total. The highest BCUT2D eigenvalue weighted by Crippen LogP contribution is 2.29. The van der Waals surface area contributed by atoms with E-state index in [1.54, 1.807) is 0 Å². The fourth-order valence-electron chi connectivity index (χ4n) is 2.36. The molecular weight excluding hydrogens is 347 g/mol. The second-order valence-electron chi connectivity index (χ2n) is 6.73. The second kappa shape index (κ2) is 8.50. The van der Waals surface area contributed by atoms with Gasteiger partial charge in [-0.3, -0.25) is 20.5 Å². The molecule has 0 aliphatic carbocycles. The molecule has 26 heavy (non-hydrogen) atoms. The summed E-state index contributed by atoms with van der Waals surface area (Å²) in [6.45, 7) is 6.51. The SMILES string of the molecule is CC(C)CN=C(NC(=O)c1ccc(C(F)(F)F)cc1)NC1CC(C)NN1. The number of benzene rings is 1. The van der Waals surface area contributed by atoms with E-state index in [9.17, 15) is 18.0 Å². The number of carbonyl (C=O) groups is 1. The van der Waals surface area contributed by atoms with Crippen LogP contribution < -0.4 is 21.5 Å². The Labute approximate surface area is 150 Å². The smallest absolute Gasteiger partial charge is 0.339 e. The third-order valence-corrected chi connectivity index (χ3v) is 3.73. The van der Waals surface area contributed by atoms with E-state index < -0.39 is 17.6 Å². The lowest BCUT2D eigenvalue weighted by Crippen LogP contribution is -2.50. The summed E-state index contributed by atoms with van der Waals surface area (Å²) in [5.74, 6) is 0.0630. The lowest BCUT2D eigenvalue weighted by molar-refractivity contribution is -0.137. The van der Waals surface area contributed by atoms with Gasteiger partial charge in [0.25, 0.3) is 5.91 Å². The Bertz CT molecular complexity index is 643. The summed E-state index contributed by atoms with van der Waals surface area (Å²) < 4.78 is 37.9. The summed E-state index contributed by atoms with van der Waals surface area (Å²) in [5, 5.41) is 5.74. The van der Waals surface area contributed by atoms with Crippen LogP contribution in [0.4, 0.5) is 13.2 Å². The minimum atomic E-state index is -4.43. The maximum absolute atomic E-state index is 12.6. The first-order valence-corrected chi connectivity index (χ1v) is 8.46. The first-order chi connectivity index (χ1) is 12.1. The van der Waals surface area contributed by atoms with Crippen molar-refractivity contribution in [1.82, 2.24) is 21.5 Å². The number of guanidine groups is 1. The predicted octanol–water partition coefficient (Wildman–Crippen LogP) is 2.25. The first-order valence-electron chi connectivity index (χ1n) is 8.46. The average Bonchev–Trinajstić information content (AvgIpc) is 2.96. The number of rotatable bonds is 4. The normalized spacial score (nSPS) is 21.1. The summed E-state index contributed by atoms with van der Waals surface area (Å²) in [7, 11) is 0. The summed E-state index contributed by atoms with van der Waals surface area (Å²) in [6.07, 6.45) is -3.75. The summed E-state index contributed by atoms with van der Waals surface area (Å²) in [5.41, 5.74) is 5.43. The number of nitrogens with zero attached hydrogens (tertiary/aromatic N) is 1. The van der Waals surface area contributed by atoms with E-state index in [1.165, 1.54) is 0 Å². The fourth-order valence-corrected chi connectivity index (χ4v) is 2.36. The van der Waals surface area contributed by atoms with Gasteiger partial charge < -0.3 is 5.32 Å². The van der Waals surface area contributed by atoms with Crippen molar-refractivity contribution < 1.29 is 18.0 Å². The molecule has 1 aliphatic rings. The molecule has 2 rings (SSSR count). The third-order valence-electron chi connectivity index (χ3n) is 3.73. The lowest BCUT2D eigenvalue weighted by Gasteiger charge is -2.17. The Morgan fingerprint density at radius 1 is 1.27 bits per heavy atom. The number of hydrazine groups is 1. The van der Waals surface area contributed by atoms with Gasteiger partial charge in [-0.25, -0.2) is 5.43 Å². The van der Waals surface area contributed by atoms with E-state index in [0.29, 0.717) is 12.5 Å². The topological polar surface area (TPSA) is 77.5 Å². The van der Waals surface area contributed by atoms with Crippen LogP contribution >= 0.6 is 0 Å². The number of amides is 1. The molecule has 9 heteroatoms. The molecule has 1 saturated heterocycles. The molecule has 1 heterocycles. The van der Waals surface area contributed by atoms with E-state index in [1.807, 2.05) is 20.8 Å². The van der Waals surface area contributed by atoms with Crippen LogP contribution in [0.25, 0.3) is 0 Å². The molecule has 0 aromatic heterocycles. The van der Waals surface area contributed by atoms with E-state index in [2.05, 4.69) is 26.5 Å². The van der Waals surface area contributed by atoms with Crippen molar-refractivity contribution >= 4 is 11.9 Å². The van der Waals surface area contributed by atoms with Crippen LogP contribution in [0.15, 0.2) is 29.3 Å². The molecule has 0 spiro atoms. The Balaban J connectivity index is 2.06. The Kier molecular flexibility index (Phi) is 6.60. The van der Waals surface area contributed by atoms with Gasteiger partial charge in [0, 0.05) is 18.2 Å². The van der Waals surface area contributed by atoms with E-state index in [0.717, 1.165) is 30.7 Å². The summed E-state index contributed by atoms with van der Waals surface area (Å²) in [4.78, 5) is 16.7. The van der Waals surface area contributed by atoms with Gasteiger partial charge >= 0.3 is 6.18 Å². The van der Waals surface area contributed by atoms with Gasteiger partial charge in [-0.1, -0.05) is 13.8 Å². The van der Waals surface area contributed by atoms with Crippen molar-refractivity contribution in [1.29, 1.82) is 0 Å². The van der Waals surface area contributed by atoms with Crippen LogP contribution in [0.3, 0.4) is 0 Å². The molecule has 1 aromatic rings. The summed E-state index contributed by atoms with van der Waals surface area (Å²) >= 11 is 0. The highest BCUT2D eigenvalue weighted by molar-refractivity contribution is 6.05. The van der Waals surface area contributed by atoms with Gasteiger partial charge in [0.05, 0.1) is 11.7 Å². The molecule has 1 amide bonds. The van der Waals surface area contributed by atoms with Crippen LogP contribution in [0.2, 0.25) is 0 Å². The third kappa shape index (κ3) is 5.99. The number of nitrogens with one attached hydrogen (secondary N) is 4. The highest BCUT2D eigenvalue weighted by atomic mass is 19.4. The number of alkyl halides is 3. The number of hydrogen-bond donors (Lipinski definition) is 4. The quantitative estimate of drug-likeness (QED) is 0.484. The molecule has 1 aromatic carbocycles. The van der Waals surface area contributed by atoms with Gasteiger partial charge in [-0.2, -0.15) is 13.2 Å². The van der Waals surface area contributed by atoms with Crippen molar-refractivity contribution in [2.45, 2.75) is 45.6 Å². The Morgan fingerprint density at radius 3 is 2.42 bits per heavy atom. The fraction of sp³-hybridized carbons (Fsp3) is 0.529. The molecule has 1 aliphatic heterocycles. The second-order valence-corrected chi connectivity index (χ2v) is 6.73. The molecule has 0 bridgehead atoms. The van der Waals surface area contributed by atoms with Crippen molar-refractivity contribution in [2.75, 3.05) is 6.54 Å². The van der Waals surface area contributed by atoms with Crippen molar-refractivity contribution in [3.05, 3.63) is 35.4 Å². The molecule has 144 valence electrons. The van der Waals surface area contributed by atoms with Crippen molar-refractivity contribution in [2.24, 2.45) is 10.9 Å². The Morgan fingerprint density at radius 2 is 1.92 bits per heavy atom. The van der Waals surface area contributed by atoms with Crippen LogP contribution in [0.1, 0.15) is 43.1 Å². The van der Waals surface area contributed by atoms with Crippen molar-refractivity contribution in [3.8, 4) is 0 Å².